The lowest BCUT2D eigenvalue weighted by atomic mass is 10.0. The van der Waals surface area contributed by atoms with Crippen LogP contribution in [0.3, 0.4) is 0 Å². The zero-order valence-electron chi connectivity index (χ0n) is 10.0. The maximum atomic E-state index is 12.1. The Hall–Kier alpha value is -1.10. The summed E-state index contributed by atoms with van der Waals surface area (Å²) >= 11 is 0. The average molecular weight is 237 g/mol. The molecule has 0 aromatic heterocycles. The number of likely N-dealkylation sites (tertiary alicyclic amines) is 2. The van der Waals surface area contributed by atoms with E-state index in [1.165, 1.54) is 0 Å². The fourth-order valence-corrected chi connectivity index (χ4v) is 3.19. The number of nitrogens with zero attached hydrogens (tertiary/aromatic N) is 2. The van der Waals surface area contributed by atoms with Crippen molar-refractivity contribution in [3.8, 4) is 0 Å². The van der Waals surface area contributed by atoms with Crippen LogP contribution >= 0.6 is 0 Å². The van der Waals surface area contributed by atoms with Crippen LogP contribution in [0.5, 0.6) is 0 Å². The van der Waals surface area contributed by atoms with E-state index in [0.717, 1.165) is 39.1 Å². The molecule has 0 spiro atoms. The van der Waals surface area contributed by atoms with Crippen LogP contribution in [-0.4, -0.2) is 60.9 Å². The van der Waals surface area contributed by atoms with Crippen molar-refractivity contribution < 1.29 is 9.59 Å². The summed E-state index contributed by atoms with van der Waals surface area (Å²) in [5, 5.41) is 3.36. The smallest absolute Gasteiger partial charge is 0.242 e. The molecule has 2 amide bonds. The lowest BCUT2D eigenvalue weighted by Gasteiger charge is -2.21. The lowest BCUT2D eigenvalue weighted by molar-refractivity contribution is -0.137. The minimum Gasteiger partial charge on any atom is -0.340 e. The summed E-state index contributed by atoms with van der Waals surface area (Å²) in [6.45, 7) is 4.88. The van der Waals surface area contributed by atoms with E-state index in [-0.39, 0.29) is 11.8 Å². The molecule has 0 aromatic rings. The molecule has 0 radical (unpaired) electrons. The van der Waals surface area contributed by atoms with E-state index in [4.69, 9.17) is 0 Å². The molecular weight excluding hydrogens is 218 g/mol. The highest BCUT2D eigenvalue weighted by atomic mass is 16.2. The predicted octanol–water partition coefficient (Wildman–Crippen LogP) is -0.713. The molecule has 3 rings (SSSR count). The number of hydrogen-bond donors (Lipinski definition) is 1. The van der Waals surface area contributed by atoms with Gasteiger partial charge in [-0.1, -0.05) is 0 Å². The fourth-order valence-electron chi connectivity index (χ4n) is 3.19. The molecule has 17 heavy (non-hydrogen) atoms. The zero-order valence-corrected chi connectivity index (χ0v) is 10.0. The Balaban J connectivity index is 1.55. The highest BCUT2D eigenvalue weighted by Gasteiger charge is 2.38. The number of amides is 2. The van der Waals surface area contributed by atoms with Crippen LogP contribution in [0.15, 0.2) is 0 Å². The molecule has 5 heteroatoms. The molecule has 3 saturated heterocycles. The molecule has 2 atom stereocenters. The summed E-state index contributed by atoms with van der Waals surface area (Å²) in [7, 11) is 0. The van der Waals surface area contributed by atoms with Gasteiger partial charge in [-0.2, -0.15) is 0 Å². The van der Waals surface area contributed by atoms with E-state index in [9.17, 15) is 9.59 Å². The highest BCUT2D eigenvalue weighted by molar-refractivity contribution is 5.86. The number of fused-ring (bicyclic) bond motifs is 1. The molecule has 0 unspecified atom stereocenters. The molecule has 0 aliphatic carbocycles. The first-order valence-electron chi connectivity index (χ1n) is 6.50. The second-order valence-electron chi connectivity index (χ2n) is 5.40. The van der Waals surface area contributed by atoms with Crippen LogP contribution in [0.1, 0.15) is 12.8 Å². The van der Waals surface area contributed by atoms with Crippen molar-refractivity contribution in [3.63, 3.8) is 0 Å². The number of carbonyl (C=O) groups excluding carboxylic acids is 2. The molecule has 0 aromatic carbocycles. The average Bonchev–Trinajstić information content (AvgIpc) is 2.93. The molecule has 0 saturated carbocycles. The van der Waals surface area contributed by atoms with Gasteiger partial charge >= 0.3 is 0 Å². The molecular formula is C12H19N3O2. The summed E-state index contributed by atoms with van der Waals surface area (Å²) in [6, 6.07) is 0. The predicted molar refractivity (Wildman–Crippen MR) is 62.2 cm³/mol. The third-order valence-electron chi connectivity index (χ3n) is 4.24. The monoisotopic (exact) mass is 237 g/mol. The highest BCUT2D eigenvalue weighted by Crippen LogP contribution is 2.26. The normalized spacial score (nSPS) is 32.4. The van der Waals surface area contributed by atoms with Gasteiger partial charge in [0.25, 0.3) is 0 Å². The standard InChI is InChI=1S/C12H19N3O2/c16-11-2-1-3-14(11)8-12(17)15-6-9-4-13-5-10(9)7-15/h9-10,13H,1-8H2/t9-,10+. The molecule has 3 aliphatic rings. The van der Waals surface area contributed by atoms with Crippen molar-refractivity contribution in [2.24, 2.45) is 11.8 Å². The summed E-state index contributed by atoms with van der Waals surface area (Å²) in [6.07, 6.45) is 1.52. The Kier molecular flexibility index (Phi) is 2.78. The maximum Gasteiger partial charge on any atom is 0.242 e. The Labute approximate surface area is 101 Å². The van der Waals surface area contributed by atoms with E-state index in [1.54, 1.807) is 4.90 Å². The van der Waals surface area contributed by atoms with Crippen LogP contribution in [0.2, 0.25) is 0 Å². The van der Waals surface area contributed by atoms with E-state index in [2.05, 4.69) is 5.32 Å². The first kappa shape index (κ1) is 11.0. The first-order chi connectivity index (χ1) is 8.24. The van der Waals surface area contributed by atoms with Gasteiger partial charge in [0, 0.05) is 39.1 Å². The van der Waals surface area contributed by atoms with Crippen LogP contribution in [0, 0.1) is 11.8 Å². The Morgan fingerprint density at radius 2 is 2.00 bits per heavy atom. The van der Waals surface area contributed by atoms with E-state index in [0.29, 0.717) is 24.8 Å². The Morgan fingerprint density at radius 1 is 1.29 bits per heavy atom. The molecule has 3 aliphatic heterocycles. The Bertz CT molecular complexity index is 333. The third kappa shape index (κ3) is 2.04. The molecule has 94 valence electrons. The van der Waals surface area contributed by atoms with Crippen molar-refractivity contribution in [3.05, 3.63) is 0 Å². The third-order valence-corrected chi connectivity index (χ3v) is 4.24. The summed E-state index contributed by atoms with van der Waals surface area (Å²) in [5.41, 5.74) is 0. The van der Waals surface area contributed by atoms with Gasteiger partial charge < -0.3 is 15.1 Å². The van der Waals surface area contributed by atoms with Crippen LogP contribution < -0.4 is 5.32 Å². The summed E-state index contributed by atoms with van der Waals surface area (Å²) in [4.78, 5) is 27.2. The molecule has 5 nitrogen and oxygen atoms in total. The number of rotatable bonds is 2. The SMILES string of the molecule is O=C1CCCN1CC(=O)N1C[C@H]2CNC[C@H]2C1. The van der Waals surface area contributed by atoms with Crippen molar-refractivity contribution >= 4 is 11.8 Å². The van der Waals surface area contributed by atoms with Crippen molar-refractivity contribution in [2.75, 3.05) is 39.3 Å². The van der Waals surface area contributed by atoms with Crippen molar-refractivity contribution in [2.45, 2.75) is 12.8 Å². The molecule has 3 heterocycles. The second kappa shape index (κ2) is 4.29. The quantitative estimate of drug-likeness (QED) is 0.690. The van der Waals surface area contributed by atoms with Crippen molar-refractivity contribution in [1.29, 1.82) is 0 Å². The largest absolute Gasteiger partial charge is 0.340 e. The minimum atomic E-state index is 0.134. The van der Waals surface area contributed by atoms with E-state index in [1.807, 2.05) is 4.90 Å². The fraction of sp³-hybridized carbons (Fsp3) is 0.833. The van der Waals surface area contributed by atoms with Gasteiger partial charge in [0.15, 0.2) is 0 Å². The Morgan fingerprint density at radius 3 is 2.59 bits per heavy atom. The summed E-state index contributed by atoms with van der Waals surface area (Å²) < 4.78 is 0. The number of nitrogens with one attached hydrogen (secondary N) is 1. The van der Waals surface area contributed by atoms with Gasteiger partial charge in [-0.25, -0.2) is 0 Å². The first-order valence-corrected chi connectivity index (χ1v) is 6.50. The van der Waals surface area contributed by atoms with Crippen LogP contribution in [0.25, 0.3) is 0 Å². The maximum absolute atomic E-state index is 12.1. The topological polar surface area (TPSA) is 52.7 Å². The molecule has 3 fully saturated rings. The van der Waals surface area contributed by atoms with E-state index >= 15 is 0 Å². The van der Waals surface area contributed by atoms with Gasteiger partial charge in [-0.15, -0.1) is 0 Å². The minimum absolute atomic E-state index is 0.134. The number of carbonyl (C=O) groups is 2. The number of hydrogen-bond acceptors (Lipinski definition) is 3. The van der Waals surface area contributed by atoms with Crippen LogP contribution in [0.4, 0.5) is 0 Å². The lowest BCUT2D eigenvalue weighted by Crippen LogP contribution is -2.40. The van der Waals surface area contributed by atoms with Crippen molar-refractivity contribution in [1.82, 2.24) is 15.1 Å². The van der Waals surface area contributed by atoms with Gasteiger partial charge in [-0.05, 0) is 18.3 Å². The van der Waals surface area contributed by atoms with Gasteiger partial charge in [-0.3, -0.25) is 9.59 Å². The van der Waals surface area contributed by atoms with Gasteiger partial charge in [0.1, 0.15) is 0 Å². The summed E-state index contributed by atoms with van der Waals surface area (Å²) in [5.74, 6) is 1.54. The van der Waals surface area contributed by atoms with Crippen LogP contribution in [-0.2, 0) is 9.59 Å². The van der Waals surface area contributed by atoms with Gasteiger partial charge in [0.05, 0.1) is 6.54 Å². The second-order valence-corrected chi connectivity index (χ2v) is 5.40. The zero-order chi connectivity index (χ0) is 11.8. The molecule has 0 bridgehead atoms. The van der Waals surface area contributed by atoms with E-state index < -0.39 is 0 Å². The molecule has 1 N–H and O–H groups in total. The van der Waals surface area contributed by atoms with Gasteiger partial charge in [0.2, 0.25) is 11.8 Å².